The van der Waals surface area contributed by atoms with E-state index in [4.69, 9.17) is 9.47 Å². The van der Waals surface area contributed by atoms with Crippen molar-refractivity contribution >= 4 is 5.97 Å². The van der Waals surface area contributed by atoms with Gasteiger partial charge in [-0.1, -0.05) is 20.8 Å². The molecule has 0 aromatic rings. The predicted molar refractivity (Wildman–Crippen MR) is 49.1 cm³/mol. The van der Waals surface area contributed by atoms with Crippen LogP contribution in [-0.2, 0) is 14.3 Å². The van der Waals surface area contributed by atoms with Crippen LogP contribution in [-0.4, -0.2) is 17.4 Å². The molecule has 2 unspecified atom stereocenters. The second-order valence-electron chi connectivity index (χ2n) is 4.92. The van der Waals surface area contributed by atoms with E-state index in [1.807, 2.05) is 6.92 Å². The molecule has 0 spiro atoms. The summed E-state index contributed by atoms with van der Waals surface area (Å²) >= 11 is 0. The van der Waals surface area contributed by atoms with Gasteiger partial charge in [0.05, 0.1) is 0 Å². The molecule has 0 aromatic heterocycles. The maximum absolute atomic E-state index is 10.8. The highest BCUT2D eigenvalue weighted by molar-refractivity contribution is 5.67. The van der Waals surface area contributed by atoms with Gasteiger partial charge in [-0.25, -0.2) is 0 Å². The van der Waals surface area contributed by atoms with Gasteiger partial charge in [-0.15, -0.1) is 0 Å². The molecule has 0 aromatic carbocycles. The molecular weight excluding hydrogens is 168 g/mol. The quantitative estimate of drug-likeness (QED) is 0.465. The van der Waals surface area contributed by atoms with Crippen LogP contribution < -0.4 is 0 Å². The number of epoxide rings is 1. The van der Waals surface area contributed by atoms with Gasteiger partial charge < -0.3 is 9.47 Å². The molecule has 1 saturated heterocycles. The molecule has 0 bridgehead atoms. The zero-order chi connectivity index (χ0) is 10.5. The molecule has 1 heterocycles. The molecule has 3 heteroatoms. The monoisotopic (exact) mass is 186 g/mol. The van der Waals surface area contributed by atoms with Crippen LogP contribution in [0.15, 0.2) is 0 Å². The number of rotatable bonds is 1. The molecule has 1 rings (SSSR count). The fourth-order valence-electron chi connectivity index (χ4n) is 1.59. The Morgan fingerprint density at radius 2 is 1.77 bits per heavy atom. The van der Waals surface area contributed by atoms with Gasteiger partial charge in [0.15, 0.2) is 0 Å². The fraction of sp³-hybridized carbons (Fsp3) is 0.900. The highest BCUT2D eigenvalue weighted by Gasteiger charge is 2.72. The third-order valence-corrected chi connectivity index (χ3v) is 2.99. The van der Waals surface area contributed by atoms with Gasteiger partial charge in [0.1, 0.15) is 5.60 Å². The van der Waals surface area contributed by atoms with E-state index in [-0.39, 0.29) is 17.0 Å². The second kappa shape index (κ2) is 2.47. The zero-order valence-corrected chi connectivity index (χ0v) is 9.22. The number of hydrogen-bond donors (Lipinski definition) is 0. The lowest BCUT2D eigenvalue weighted by molar-refractivity contribution is -0.154. The molecule has 0 saturated carbocycles. The largest absolute Gasteiger partial charge is 0.430 e. The molecule has 1 fully saturated rings. The van der Waals surface area contributed by atoms with Gasteiger partial charge in [0, 0.05) is 13.8 Å². The van der Waals surface area contributed by atoms with Crippen molar-refractivity contribution in [3.63, 3.8) is 0 Å². The minimum absolute atomic E-state index is 0.0306. The van der Waals surface area contributed by atoms with Crippen molar-refractivity contribution in [2.75, 3.05) is 0 Å². The first-order valence-electron chi connectivity index (χ1n) is 4.52. The third-order valence-electron chi connectivity index (χ3n) is 2.99. The first-order chi connectivity index (χ1) is 5.62. The van der Waals surface area contributed by atoms with Crippen molar-refractivity contribution in [1.82, 2.24) is 0 Å². The minimum atomic E-state index is -0.739. The third kappa shape index (κ3) is 1.46. The maximum atomic E-state index is 10.8. The van der Waals surface area contributed by atoms with Gasteiger partial charge in [0.2, 0.25) is 5.79 Å². The van der Waals surface area contributed by atoms with E-state index in [9.17, 15) is 4.79 Å². The Bertz CT molecular complexity index is 241. The molecule has 2 atom stereocenters. The van der Waals surface area contributed by atoms with Crippen LogP contribution in [0.5, 0.6) is 0 Å². The standard InChI is InChI=1S/C10H18O3/c1-7(11)12-10(6)9(5,13-10)8(2,3)4/h1-6H3. The summed E-state index contributed by atoms with van der Waals surface area (Å²) in [6.07, 6.45) is 0. The number of carbonyl (C=O) groups excluding carboxylic acids is 1. The van der Waals surface area contributed by atoms with Crippen LogP contribution >= 0.6 is 0 Å². The normalized spacial score (nSPS) is 38.6. The molecule has 1 aliphatic rings. The average molecular weight is 186 g/mol. The molecule has 76 valence electrons. The Kier molecular flexibility index (Phi) is 2.00. The molecule has 3 nitrogen and oxygen atoms in total. The summed E-state index contributed by atoms with van der Waals surface area (Å²) in [5.41, 5.74) is -0.400. The molecule has 1 aliphatic heterocycles. The van der Waals surface area contributed by atoms with Crippen LogP contribution in [0.1, 0.15) is 41.5 Å². The lowest BCUT2D eigenvalue weighted by atomic mass is 9.78. The van der Waals surface area contributed by atoms with Gasteiger partial charge in [-0.05, 0) is 12.3 Å². The van der Waals surface area contributed by atoms with Crippen molar-refractivity contribution in [3.05, 3.63) is 0 Å². The Balaban J connectivity index is 2.76. The fourth-order valence-corrected chi connectivity index (χ4v) is 1.59. The first kappa shape index (κ1) is 10.5. The van der Waals surface area contributed by atoms with Crippen molar-refractivity contribution in [3.8, 4) is 0 Å². The average Bonchev–Trinajstić information content (AvgIpc) is 2.31. The molecule has 0 aliphatic carbocycles. The minimum Gasteiger partial charge on any atom is -0.430 e. The van der Waals surface area contributed by atoms with Crippen molar-refractivity contribution in [2.45, 2.75) is 52.9 Å². The van der Waals surface area contributed by atoms with Crippen LogP contribution in [0, 0.1) is 5.41 Å². The lowest BCUT2D eigenvalue weighted by Crippen LogP contribution is -2.36. The van der Waals surface area contributed by atoms with E-state index < -0.39 is 5.79 Å². The van der Waals surface area contributed by atoms with Gasteiger partial charge in [-0.2, -0.15) is 0 Å². The van der Waals surface area contributed by atoms with Crippen LogP contribution in [0.2, 0.25) is 0 Å². The SMILES string of the molecule is CC(=O)OC1(C)OC1(C)C(C)(C)C. The molecule has 0 radical (unpaired) electrons. The predicted octanol–water partition coefficient (Wildman–Crippen LogP) is 2.10. The number of carbonyl (C=O) groups is 1. The van der Waals surface area contributed by atoms with Gasteiger partial charge >= 0.3 is 5.97 Å². The maximum Gasteiger partial charge on any atom is 0.305 e. The summed E-state index contributed by atoms with van der Waals surface area (Å²) in [5, 5.41) is 0. The van der Waals surface area contributed by atoms with E-state index in [1.54, 1.807) is 6.92 Å². The van der Waals surface area contributed by atoms with Crippen molar-refractivity contribution < 1.29 is 14.3 Å². The summed E-state index contributed by atoms with van der Waals surface area (Å²) in [7, 11) is 0. The number of esters is 1. The highest BCUT2D eigenvalue weighted by Crippen LogP contribution is 2.58. The van der Waals surface area contributed by atoms with E-state index in [1.165, 1.54) is 6.92 Å². The topological polar surface area (TPSA) is 38.8 Å². The molecule has 0 amide bonds. The van der Waals surface area contributed by atoms with E-state index in [0.717, 1.165) is 0 Å². The highest BCUT2D eigenvalue weighted by atomic mass is 16.8. The summed E-state index contributed by atoms with van der Waals surface area (Å²) in [6.45, 7) is 11.4. The number of ether oxygens (including phenoxy) is 2. The van der Waals surface area contributed by atoms with Crippen molar-refractivity contribution in [1.29, 1.82) is 0 Å². The van der Waals surface area contributed by atoms with Gasteiger partial charge in [0.25, 0.3) is 0 Å². The Labute approximate surface area is 79.4 Å². The van der Waals surface area contributed by atoms with E-state index >= 15 is 0 Å². The molecule has 13 heavy (non-hydrogen) atoms. The van der Waals surface area contributed by atoms with Crippen LogP contribution in [0.25, 0.3) is 0 Å². The summed E-state index contributed by atoms with van der Waals surface area (Å²) in [5.74, 6) is -1.03. The second-order valence-corrected chi connectivity index (χ2v) is 4.92. The molecule has 0 N–H and O–H groups in total. The number of hydrogen-bond acceptors (Lipinski definition) is 3. The summed E-state index contributed by atoms with van der Waals surface area (Å²) < 4.78 is 10.7. The van der Waals surface area contributed by atoms with E-state index in [0.29, 0.717) is 0 Å². The zero-order valence-electron chi connectivity index (χ0n) is 9.22. The summed E-state index contributed by atoms with van der Waals surface area (Å²) in [6, 6.07) is 0. The first-order valence-corrected chi connectivity index (χ1v) is 4.52. The Hall–Kier alpha value is -0.570. The van der Waals surface area contributed by atoms with E-state index in [2.05, 4.69) is 20.8 Å². The molecular formula is C10H18O3. The van der Waals surface area contributed by atoms with Crippen LogP contribution in [0.4, 0.5) is 0 Å². The smallest absolute Gasteiger partial charge is 0.305 e. The van der Waals surface area contributed by atoms with Crippen LogP contribution in [0.3, 0.4) is 0 Å². The van der Waals surface area contributed by atoms with Gasteiger partial charge in [-0.3, -0.25) is 4.79 Å². The lowest BCUT2D eigenvalue weighted by Gasteiger charge is -2.25. The Morgan fingerprint density at radius 1 is 1.31 bits per heavy atom. The summed E-state index contributed by atoms with van der Waals surface area (Å²) in [4.78, 5) is 10.8. The van der Waals surface area contributed by atoms with Crippen molar-refractivity contribution in [2.24, 2.45) is 5.41 Å². The Morgan fingerprint density at radius 3 is 2.00 bits per heavy atom.